The molecule has 116 valence electrons. The van der Waals surface area contributed by atoms with Crippen LogP contribution < -0.4 is 14.8 Å². The van der Waals surface area contributed by atoms with Crippen molar-refractivity contribution >= 4 is 27.3 Å². The first-order chi connectivity index (χ1) is 9.86. The maximum Gasteiger partial charge on any atom is 0.251 e. The molecule has 8 heteroatoms. The smallest absolute Gasteiger partial charge is 0.251 e. The van der Waals surface area contributed by atoms with Gasteiger partial charge in [0.2, 0.25) is 0 Å². The van der Waals surface area contributed by atoms with Crippen LogP contribution in [0.1, 0.15) is 10.4 Å². The van der Waals surface area contributed by atoms with Gasteiger partial charge in [0, 0.05) is 5.56 Å². The molecule has 21 heavy (non-hydrogen) atoms. The van der Waals surface area contributed by atoms with Gasteiger partial charge >= 0.3 is 0 Å². The van der Waals surface area contributed by atoms with Crippen molar-refractivity contribution in [1.29, 1.82) is 0 Å². The van der Waals surface area contributed by atoms with E-state index >= 15 is 0 Å². The maximum atomic E-state index is 12.2. The fourth-order valence-electron chi connectivity index (χ4n) is 2.17. The zero-order valence-electron chi connectivity index (χ0n) is 11.6. The average Bonchev–Trinajstić information content (AvgIpc) is 2.70. The normalized spacial score (nSPS) is 23.6. The quantitative estimate of drug-likeness (QED) is 0.826. The molecule has 6 nitrogen and oxygen atoms in total. The Hall–Kier alpha value is -1.47. The number of alkyl halides is 1. The minimum atomic E-state index is -3.19. The largest absolute Gasteiger partial charge is 0.493 e. The zero-order chi connectivity index (χ0) is 15.6. The highest BCUT2D eigenvalue weighted by Crippen LogP contribution is 2.27. The van der Waals surface area contributed by atoms with Crippen molar-refractivity contribution in [3.63, 3.8) is 0 Å². The van der Waals surface area contributed by atoms with Crippen LogP contribution in [0.5, 0.6) is 11.5 Å². The number of carbonyl (C=O) groups excluding carboxylic acids is 1. The molecular weight excluding hydrogens is 318 g/mol. The van der Waals surface area contributed by atoms with Crippen molar-refractivity contribution in [2.45, 2.75) is 11.4 Å². The first kappa shape index (κ1) is 15.9. The number of hydrogen-bond donors (Lipinski definition) is 1. The Morgan fingerprint density at radius 1 is 1.24 bits per heavy atom. The van der Waals surface area contributed by atoms with Crippen molar-refractivity contribution < 1.29 is 22.7 Å². The third kappa shape index (κ3) is 3.59. The fraction of sp³-hybridized carbons (Fsp3) is 0.462. The summed E-state index contributed by atoms with van der Waals surface area (Å²) in [6.45, 7) is 0. The summed E-state index contributed by atoms with van der Waals surface area (Å²) in [7, 11) is -0.218. The Morgan fingerprint density at radius 3 is 2.43 bits per heavy atom. The van der Waals surface area contributed by atoms with Crippen molar-refractivity contribution in [3.05, 3.63) is 23.8 Å². The van der Waals surface area contributed by atoms with E-state index in [0.29, 0.717) is 17.1 Å². The summed E-state index contributed by atoms with van der Waals surface area (Å²) in [6, 6.07) is 4.12. The second-order valence-corrected chi connectivity index (χ2v) is 7.46. The maximum absolute atomic E-state index is 12.2. The Bertz CT molecular complexity index is 646. The van der Waals surface area contributed by atoms with Crippen LogP contribution in [0.3, 0.4) is 0 Å². The number of carbonyl (C=O) groups is 1. The molecule has 0 saturated carbocycles. The van der Waals surface area contributed by atoms with Crippen molar-refractivity contribution in [2.24, 2.45) is 0 Å². The number of sulfone groups is 1. The van der Waals surface area contributed by atoms with Crippen LogP contribution in [0.15, 0.2) is 18.2 Å². The molecule has 0 aromatic heterocycles. The molecule has 0 unspecified atom stereocenters. The van der Waals surface area contributed by atoms with E-state index in [1.54, 1.807) is 12.1 Å². The van der Waals surface area contributed by atoms with E-state index < -0.39 is 27.2 Å². The molecule has 2 rings (SSSR count). The number of benzene rings is 1. The number of ether oxygens (including phenoxy) is 2. The standard InChI is InChI=1S/C13H16ClNO5S/c1-19-11-4-3-8(5-12(11)20-2)13(16)15-10-7-21(17,18)6-9(10)14/h3-5,9-10H,6-7H2,1-2H3,(H,15,16)/t9-,10+/m1/s1. The molecule has 0 radical (unpaired) electrons. The molecule has 1 saturated heterocycles. The lowest BCUT2D eigenvalue weighted by atomic mass is 10.1. The van der Waals surface area contributed by atoms with Gasteiger partial charge in [-0.25, -0.2) is 8.42 Å². The van der Waals surface area contributed by atoms with E-state index in [9.17, 15) is 13.2 Å². The van der Waals surface area contributed by atoms with Crippen LogP contribution in [0, 0.1) is 0 Å². The van der Waals surface area contributed by atoms with Crippen LogP contribution in [-0.2, 0) is 9.84 Å². The molecule has 1 heterocycles. The molecule has 1 aliphatic heterocycles. The summed E-state index contributed by atoms with van der Waals surface area (Å²) in [5.74, 6) is 0.272. The number of halogens is 1. The minimum absolute atomic E-state index is 0.120. The number of hydrogen-bond acceptors (Lipinski definition) is 5. The van der Waals surface area contributed by atoms with Gasteiger partial charge < -0.3 is 14.8 Å². The van der Waals surface area contributed by atoms with Gasteiger partial charge in [0.05, 0.1) is 37.1 Å². The molecule has 0 bridgehead atoms. The van der Waals surface area contributed by atoms with Gasteiger partial charge in [-0.3, -0.25) is 4.79 Å². The fourth-order valence-corrected chi connectivity index (χ4v) is 4.72. The third-order valence-electron chi connectivity index (χ3n) is 3.25. The molecule has 1 aromatic rings. The first-order valence-electron chi connectivity index (χ1n) is 6.23. The third-order valence-corrected chi connectivity index (χ3v) is 5.62. The highest BCUT2D eigenvalue weighted by molar-refractivity contribution is 7.91. The Morgan fingerprint density at radius 2 is 1.90 bits per heavy atom. The summed E-state index contributed by atoms with van der Waals surface area (Å²) in [4.78, 5) is 12.2. The molecule has 1 N–H and O–H groups in total. The molecule has 2 atom stereocenters. The number of rotatable bonds is 4. The highest BCUT2D eigenvalue weighted by atomic mass is 35.5. The van der Waals surface area contributed by atoms with Gasteiger partial charge in [-0.05, 0) is 18.2 Å². The second kappa shape index (κ2) is 6.11. The summed E-state index contributed by atoms with van der Waals surface area (Å²) in [6.07, 6.45) is 0. The number of nitrogens with one attached hydrogen (secondary N) is 1. The summed E-state index contributed by atoms with van der Waals surface area (Å²) >= 11 is 5.96. The Kier molecular flexibility index (Phi) is 4.63. The van der Waals surface area contributed by atoms with Gasteiger partial charge in [0.25, 0.3) is 5.91 Å². The van der Waals surface area contributed by atoms with E-state index in [1.807, 2.05) is 0 Å². The van der Waals surface area contributed by atoms with Crippen molar-refractivity contribution in [3.8, 4) is 11.5 Å². The van der Waals surface area contributed by atoms with E-state index in [1.165, 1.54) is 20.3 Å². The van der Waals surface area contributed by atoms with E-state index in [-0.39, 0.29) is 11.5 Å². The van der Waals surface area contributed by atoms with E-state index in [0.717, 1.165) is 0 Å². The van der Waals surface area contributed by atoms with Crippen molar-refractivity contribution in [1.82, 2.24) is 5.32 Å². The highest BCUT2D eigenvalue weighted by Gasteiger charge is 2.37. The van der Waals surface area contributed by atoms with Gasteiger partial charge in [0.1, 0.15) is 0 Å². The topological polar surface area (TPSA) is 81.7 Å². The molecule has 1 aliphatic rings. The number of methoxy groups -OCH3 is 2. The SMILES string of the molecule is COc1ccc(C(=O)N[C@H]2CS(=O)(=O)C[C@H]2Cl)cc1OC. The van der Waals surface area contributed by atoms with Crippen LogP contribution in [0.25, 0.3) is 0 Å². The van der Waals surface area contributed by atoms with Crippen molar-refractivity contribution in [2.75, 3.05) is 25.7 Å². The Labute approximate surface area is 128 Å². The summed E-state index contributed by atoms with van der Waals surface area (Å²) < 4.78 is 33.2. The average molecular weight is 334 g/mol. The first-order valence-corrected chi connectivity index (χ1v) is 8.49. The summed E-state index contributed by atoms with van der Waals surface area (Å²) in [5.41, 5.74) is 0.348. The van der Waals surface area contributed by atoms with E-state index in [4.69, 9.17) is 21.1 Å². The second-order valence-electron chi connectivity index (χ2n) is 4.74. The van der Waals surface area contributed by atoms with Crippen LogP contribution in [-0.4, -0.2) is 51.5 Å². The molecule has 1 aromatic carbocycles. The molecule has 1 fully saturated rings. The van der Waals surface area contributed by atoms with Gasteiger partial charge in [-0.1, -0.05) is 0 Å². The molecule has 1 amide bonds. The number of amides is 1. The lowest BCUT2D eigenvalue weighted by Gasteiger charge is -2.15. The lowest BCUT2D eigenvalue weighted by Crippen LogP contribution is -2.40. The zero-order valence-corrected chi connectivity index (χ0v) is 13.2. The van der Waals surface area contributed by atoms with Crippen LogP contribution in [0.2, 0.25) is 0 Å². The Balaban J connectivity index is 2.14. The van der Waals surface area contributed by atoms with Crippen LogP contribution in [0.4, 0.5) is 0 Å². The monoisotopic (exact) mass is 333 g/mol. The van der Waals surface area contributed by atoms with Crippen LogP contribution >= 0.6 is 11.6 Å². The molecule has 0 spiro atoms. The van der Waals surface area contributed by atoms with Gasteiger partial charge in [-0.2, -0.15) is 0 Å². The van der Waals surface area contributed by atoms with Gasteiger partial charge in [0.15, 0.2) is 21.3 Å². The predicted octanol–water partition coefficient (Wildman–Crippen LogP) is 0.838. The minimum Gasteiger partial charge on any atom is -0.493 e. The molecule has 0 aliphatic carbocycles. The lowest BCUT2D eigenvalue weighted by molar-refractivity contribution is 0.0941. The molecular formula is C13H16ClNO5S. The summed E-state index contributed by atoms with van der Waals surface area (Å²) in [5, 5.41) is 2.03. The van der Waals surface area contributed by atoms with Gasteiger partial charge in [-0.15, -0.1) is 11.6 Å². The van der Waals surface area contributed by atoms with E-state index in [2.05, 4.69) is 5.32 Å². The predicted molar refractivity (Wildman–Crippen MR) is 79.1 cm³/mol.